The molecule has 2 N–H and O–H groups in total. The van der Waals surface area contributed by atoms with Crippen molar-refractivity contribution in [1.82, 2.24) is 0 Å². The van der Waals surface area contributed by atoms with Crippen LogP contribution in [0, 0.1) is 13.8 Å². The van der Waals surface area contributed by atoms with Crippen molar-refractivity contribution in [2.24, 2.45) is 0 Å². The molecule has 2 rings (SSSR count). The van der Waals surface area contributed by atoms with Crippen molar-refractivity contribution in [3.05, 3.63) is 65.2 Å². The van der Waals surface area contributed by atoms with Crippen molar-refractivity contribution in [3.8, 4) is 0 Å². The van der Waals surface area contributed by atoms with Crippen LogP contribution >= 0.6 is 0 Å². The molecule has 0 bridgehead atoms. The van der Waals surface area contributed by atoms with E-state index in [0.29, 0.717) is 6.54 Å². The fourth-order valence-corrected chi connectivity index (χ4v) is 2.49. The molecule has 0 radical (unpaired) electrons. The number of likely N-dealkylation sites (N-methyl/N-ethyl adjacent to an activating group) is 1. The normalized spacial score (nSPS) is 12.0. The van der Waals surface area contributed by atoms with Gasteiger partial charge in [0.15, 0.2) is 6.54 Å². The molecule has 0 heterocycles. The number of anilines is 1. The van der Waals surface area contributed by atoms with Crippen LogP contribution in [0.2, 0.25) is 0 Å². The number of carbonyl (C=O) groups excluding carboxylic acids is 1. The maximum atomic E-state index is 12.3. The minimum Gasteiger partial charge on any atom is -0.324 e. The number of hydrogen-bond donors (Lipinski definition) is 2. The average Bonchev–Trinajstić information content (AvgIpc) is 2.51. The number of carbonyl (C=O) groups is 1. The van der Waals surface area contributed by atoms with Crippen LogP contribution in [0.5, 0.6) is 0 Å². The second kappa shape index (κ2) is 7.76. The molecule has 3 nitrogen and oxygen atoms in total. The summed E-state index contributed by atoms with van der Waals surface area (Å²) < 4.78 is 0. The Bertz CT molecular complexity index is 623. The van der Waals surface area contributed by atoms with Crippen LogP contribution in [0.25, 0.3) is 0 Å². The fraction of sp³-hybridized carbons (Fsp3) is 0.316. The molecule has 0 saturated carbocycles. The summed E-state index contributed by atoms with van der Waals surface area (Å²) in [6, 6.07) is 16.4. The van der Waals surface area contributed by atoms with E-state index in [1.807, 2.05) is 44.2 Å². The summed E-state index contributed by atoms with van der Waals surface area (Å²) in [5.74, 6) is 0.0708. The Kier molecular flexibility index (Phi) is 5.73. The molecule has 22 heavy (non-hydrogen) atoms. The lowest BCUT2D eigenvalue weighted by Crippen LogP contribution is -3.11. The Morgan fingerprint density at radius 1 is 1.09 bits per heavy atom. The lowest BCUT2D eigenvalue weighted by molar-refractivity contribution is -0.903. The molecule has 0 saturated heterocycles. The Balaban J connectivity index is 1.96. The molecule has 0 aliphatic carbocycles. The third-order valence-electron chi connectivity index (χ3n) is 3.87. The standard InChI is InChI=1S/C19H24N2O/c1-4-21(13-17-8-6-5-7-9-17)14-19(22)20-18-12-15(2)10-11-16(18)3/h5-12H,4,13-14H2,1-3H3,(H,20,22)/p+1. The molecule has 0 aliphatic heterocycles. The van der Waals surface area contributed by atoms with Gasteiger partial charge in [0.05, 0.1) is 6.54 Å². The first-order valence-electron chi connectivity index (χ1n) is 7.83. The largest absolute Gasteiger partial charge is 0.324 e. The predicted octanol–water partition coefficient (Wildman–Crippen LogP) is 2.35. The molecule has 2 aromatic rings. The van der Waals surface area contributed by atoms with E-state index in [-0.39, 0.29) is 5.91 Å². The Labute approximate surface area is 133 Å². The van der Waals surface area contributed by atoms with E-state index >= 15 is 0 Å². The van der Waals surface area contributed by atoms with Crippen LogP contribution in [0.4, 0.5) is 5.69 Å². The van der Waals surface area contributed by atoms with Crippen molar-refractivity contribution < 1.29 is 9.69 Å². The van der Waals surface area contributed by atoms with E-state index in [1.165, 1.54) is 10.5 Å². The van der Waals surface area contributed by atoms with Gasteiger partial charge in [-0.15, -0.1) is 0 Å². The Hall–Kier alpha value is -2.13. The Morgan fingerprint density at radius 2 is 1.82 bits per heavy atom. The van der Waals surface area contributed by atoms with Gasteiger partial charge in [-0.05, 0) is 38.0 Å². The van der Waals surface area contributed by atoms with Gasteiger partial charge in [0, 0.05) is 11.3 Å². The van der Waals surface area contributed by atoms with E-state index in [0.717, 1.165) is 29.9 Å². The zero-order valence-corrected chi connectivity index (χ0v) is 13.6. The molecule has 2 aromatic carbocycles. The van der Waals surface area contributed by atoms with Gasteiger partial charge >= 0.3 is 0 Å². The van der Waals surface area contributed by atoms with Gasteiger partial charge < -0.3 is 10.2 Å². The maximum Gasteiger partial charge on any atom is 0.279 e. The van der Waals surface area contributed by atoms with Crippen molar-refractivity contribution in [3.63, 3.8) is 0 Å². The molecule has 0 fully saturated rings. The zero-order valence-electron chi connectivity index (χ0n) is 13.6. The van der Waals surface area contributed by atoms with Gasteiger partial charge in [-0.25, -0.2) is 0 Å². The third kappa shape index (κ3) is 4.71. The highest BCUT2D eigenvalue weighted by Crippen LogP contribution is 2.15. The number of amides is 1. The summed E-state index contributed by atoms with van der Waals surface area (Å²) in [5.41, 5.74) is 4.43. The Morgan fingerprint density at radius 3 is 2.50 bits per heavy atom. The van der Waals surface area contributed by atoms with Crippen LogP contribution in [-0.4, -0.2) is 19.0 Å². The van der Waals surface area contributed by atoms with Crippen LogP contribution in [0.15, 0.2) is 48.5 Å². The molecule has 0 aromatic heterocycles. The molecule has 1 amide bonds. The molecule has 1 atom stereocenters. The van der Waals surface area contributed by atoms with Crippen molar-refractivity contribution >= 4 is 11.6 Å². The van der Waals surface area contributed by atoms with Crippen molar-refractivity contribution in [1.29, 1.82) is 0 Å². The van der Waals surface area contributed by atoms with Crippen LogP contribution in [0.3, 0.4) is 0 Å². The SMILES string of the molecule is CC[NH+](CC(=O)Nc1cc(C)ccc1C)Cc1ccccc1. The number of nitrogens with one attached hydrogen (secondary N) is 2. The topological polar surface area (TPSA) is 33.5 Å². The monoisotopic (exact) mass is 297 g/mol. The van der Waals surface area contributed by atoms with Gasteiger partial charge in [0.25, 0.3) is 5.91 Å². The van der Waals surface area contributed by atoms with Gasteiger partial charge in [0.2, 0.25) is 0 Å². The van der Waals surface area contributed by atoms with Crippen molar-refractivity contribution in [2.45, 2.75) is 27.3 Å². The second-order valence-electron chi connectivity index (χ2n) is 5.81. The van der Waals surface area contributed by atoms with Crippen molar-refractivity contribution in [2.75, 3.05) is 18.4 Å². The summed E-state index contributed by atoms with van der Waals surface area (Å²) in [7, 11) is 0. The first-order valence-corrected chi connectivity index (χ1v) is 7.83. The summed E-state index contributed by atoms with van der Waals surface area (Å²) >= 11 is 0. The lowest BCUT2D eigenvalue weighted by Gasteiger charge is -2.18. The van der Waals surface area contributed by atoms with E-state index in [4.69, 9.17) is 0 Å². The van der Waals surface area contributed by atoms with Gasteiger partial charge in [0.1, 0.15) is 6.54 Å². The summed E-state index contributed by atoms with van der Waals surface area (Å²) in [6.07, 6.45) is 0. The van der Waals surface area contributed by atoms with Crippen LogP contribution < -0.4 is 10.2 Å². The van der Waals surface area contributed by atoms with E-state index in [1.54, 1.807) is 0 Å². The van der Waals surface area contributed by atoms with E-state index in [2.05, 4.69) is 30.4 Å². The van der Waals surface area contributed by atoms with E-state index < -0.39 is 0 Å². The molecule has 0 spiro atoms. The van der Waals surface area contributed by atoms with Gasteiger partial charge in [-0.1, -0.05) is 42.5 Å². The number of benzene rings is 2. The quantitative estimate of drug-likeness (QED) is 0.843. The fourth-order valence-electron chi connectivity index (χ4n) is 2.49. The predicted molar refractivity (Wildman–Crippen MR) is 91.1 cm³/mol. The zero-order chi connectivity index (χ0) is 15.9. The van der Waals surface area contributed by atoms with Gasteiger partial charge in [-0.2, -0.15) is 0 Å². The molecule has 3 heteroatoms. The summed E-state index contributed by atoms with van der Waals surface area (Å²) in [5, 5.41) is 3.04. The molecule has 1 unspecified atom stereocenters. The van der Waals surface area contributed by atoms with E-state index in [9.17, 15) is 4.79 Å². The number of quaternary nitrogens is 1. The smallest absolute Gasteiger partial charge is 0.279 e. The molecular weight excluding hydrogens is 272 g/mol. The molecule has 116 valence electrons. The highest BCUT2D eigenvalue weighted by Gasteiger charge is 2.14. The van der Waals surface area contributed by atoms with Crippen LogP contribution in [0.1, 0.15) is 23.6 Å². The minimum absolute atomic E-state index is 0.0708. The molecule has 0 aliphatic rings. The summed E-state index contributed by atoms with van der Waals surface area (Å²) in [6.45, 7) is 8.45. The molecular formula is C19H25N2O+. The average molecular weight is 297 g/mol. The summed E-state index contributed by atoms with van der Waals surface area (Å²) in [4.78, 5) is 13.6. The second-order valence-corrected chi connectivity index (χ2v) is 5.81. The highest BCUT2D eigenvalue weighted by atomic mass is 16.2. The number of aryl methyl sites for hydroxylation is 2. The third-order valence-corrected chi connectivity index (χ3v) is 3.87. The first-order chi connectivity index (χ1) is 10.6. The highest BCUT2D eigenvalue weighted by molar-refractivity contribution is 5.92. The number of rotatable bonds is 6. The first kappa shape index (κ1) is 16.2. The van der Waals surface area contributed by atoms with Crippen LogP contribution in [-0.2, 0) is 11.3 Å². The maximum absolute atomic E-state index is 12.3. The lowest BCUT2D eigenvalue weighted by atomic mass is 10.1. The number of hydrogen-bond acceptors (Lipinski definition) is 1. The van der Waals surface area contributed by atoms with Gasteiger partial charge in [-0.3, -0.25) is 4.79 Å². The minimum atomic E-state index is 0.0708.